The molecule has 0 aliphatic carbocycles. The lowest BCUT2D eigenvalue weighted by Gasteiger charge is -2.22. The van der Waals surface area contributed by atoms with E-state index >= 15 is 0 Å². The quantitative estimate of drug-likeness (QED) is 0.187. The molecule has 0 saturated heterocycles. The van der Waals surface area contributed by atoms with E-state index in [4.69, 9.17) is 19.9 Å². The highest BCUT2D eigenvalue weighted by atomic mass is 14.8. The Balaban J connectivity index is 1.57. The molecule has 0 saturated carbocycles. The second kappa shape index (κ2) is 11.5. The number of hydrogen-bond acceptors (Lipinski definition) is 4. The Bertz CT molecular complexity index is 2370. The van der Waals surface area contributed by atoms with E-state index in [-0.39, 0.29) is 0 Å². The van der Waals surface area contributed by atoms with E-state index in [2.05, 4.69) is 98.8 Å². The van der Waals surface area contributed by atoms with Gasteiger partial charge in [0.1, 0.15) is 0 Å². The molecule has 0 bridgehead atoms. The third-order valence-electron chi connectivity index (χ3n) is 8.76. The molecule has 4 heteroatoms. The van der Waals surface area contributed by atoms with Gasteiger partial charge in [-0.25, -0.2) is 0 Å². The molecule has 0 fully saturated rings. The van der Waals surface area contributed by atoms with E-state index in [9.17, 15) is 0 Å². The summed E-state index contributed by atoms with van der Waals surface area (Å²) < 4.78 is 0. The maximum absolute atomic E-state index is 4.95. The molecule has 0 N–H and O–H groups in total. The smallest absolute Gasteiger partial charge is 0.0967 e. The number of nitrogens with zero attached hydrogens (tertiary/aromatic N) is 4. The van der Waals surface area contributed by atoms with Crippen LogP contribution in [-0.2, 0) is 0 Å². The molecule has 0 amide bonds. The molecule has 4 nitrogen and oxygen atoms in total. The molecule has 46 heavy (non-hydrogen) atoms. The van der Waals surface area contributed by atoms with Gasteiger partial charge >= 0.3 is 0 Å². The third-order valence-corrected chi connectivity index (χ3v) is 8.76. The number of rotatable bonds is 5. The van der Waals surface area contributed by atoms with E-state index in [1.54, 1.807) is 0 Å². The second-order valence-electron chi connectivity index (χ2n) is 11.6. The van der Waals surface area contributed by atoms with E-state index in [1.807, 2.05) is 61.2 Å². The van der Waals surface area contributed by atoms with E-state index in [0.717, 1.165) is 83.3 Å². The molecule has 0 unspecified atom stereocenters. The molecule has 0 aliphatic heterocycles. The lowest BCUT2D eigenvalue weighted by Crippen LogP contribution is -2.00. The number of aromatic nitrogens is 4. The Morgan fingerprint density at radius 3 is 1.39 bits per heavy atom. The maximum atomic E-state index is 4.95. The average molecular weight is 591 g/mol. The van der Waals surface area contributed by atoms with Crippen molar-refractivity contribution in [3.63, 3.8) is 0 Å². The first-order valence-corrected chi connectivity index (χ1v) is 15.5. The van der Waals surface area contributed by atoms with Gasteiger partial charge in [-0.3, -0.25) is 19.9 Å². The van der Waals surface area contributed by atoms with Crippen molar-refractivity contribution in [2.45, 2.75) is 13.8 Å². The molecule has 8 rings (SSSR count). The van der Waals surface area contributed by atoms with Crippen LogP contribution in [0.25, 0.3) is 77.7 Å². The highest BCUT2D eigenvalue weighted by Gasteiger charge is 2.24. The summed E-state index contributed by atoms with van der Waals surface area (Å²) in [6.07, 6.45) is 7.43. The van der Waals surface area contributed by atoms with Crippen LogP contribution >= 0.6 is 0 Å². The summed E-state index contributed by atoms with van der Waals surface area (Å²) in [7, 11) is 0. The fourth-order valence-corrected chi connectivity index (χ4v) is 6.67. The molecule has 0 radical (unpaired) electrons. The number of pyridine rings is 4. The van der Waals surface area contributed by atoms with Crippen LogP contribution in [0.15, 0.2) is 146 Å². The van der Waals surface area contributed by atoms with Crippen LogP contribution in [0.5, 0.6) is 0 Å². The van der Waals surface area contributed by atoms with Gasteiger partial charge in [0.05, 0.1) is 22.8 Å². The van der Waals surface area contributed by atoms with Crippen molar-refractivity contribution in [2.24, 2.45) is 0 Å². The molecule has 4 aromatic heterocycles. The summed E-state index contributed by atoms with van der Waals surface area (Å²) in [5.41, 5.74) is 12.6. The van der Waals surface area contributed by atoms with Gasteiger partial charge in [-0.1, -0.05) is 78.9 Å². The molecule has 0 spiro atoms. The molecule has 8 aromatic rings. The maximum Gasteiger partial charge on any atom is 0.0967 e. The summed E-state index contributed by atoms with van der Waals surface area (Å²) in [5.74, 6) is 0. The summed E-state index contributed by atoms with van der Waals surface area (Å²) in [4.78, 5) is 19.4. The van der Waals surface area contributed by atoms with Crippen LogP contribution in [0.2, 0.25) is 0 Å². The van der Waals surface area contributed by atoms with Gasteiger partial charge in [-0.2, -0.15) is 0 Å². The number of aryl methyl sites for hydroxylation is 2. The minimum Gasteiger partial charge on any atom is -0.255 e. The molecular weight excluding hydrogens is 560 g/mol. The fraction of sp³-hybridized carbons (Fsp3) is 0.0476. The van der Waals surface area contributed by atoms with Crippen molar-refractivity contribution in [3.05, 3.63) is 157 Å². The van der Waals surface area contributed by atoms with E-state index in [1.165, 1.54) is 5.56 Å². The first-order chi connectivity index (χ1) is 22.7. The van der Waals surface area contributed by atoms with Crippen LogP contribution in [-0.4, -0.2) is 19.9 Å². The Labute approximate surface area is 268 Å². The van der Waals surface area contributed by atoms with Gasteiger partial charge in [-0.05, 0) is 111 Å². The Hall–Kier alpha value is -6.00. The fourth-order valence-electron chi connectivity index (χ4n) is 6.67. The van der Waals surface area contributed by atoms with Gasteiger partial charge in [0.2, 0.25) is 0 Å². The predicted octanol–water partition coefficient (Wildman–Crippen LogP) is 10.5. The zero-order valence-electron chi connectivity index (χ0n) is 25.6. The largest absolute Gasteiger partial charge is 0.255 e. The second-order valence-corrected chi connectivity index (χ2v) is 11.6. The molecule has 0 aliphatic rings. The first-order valence-electron chi connectivity index (χ1n) is 15.5. The average Bonchev–Trinajstić information content (AvgIpc) is 3.12. The SMILES string of the molecule is Cc1ccnc(-c2ccccn2)c1-c1c2ccccc2c(-c2c(C)ccnc2-c2ccccn2)c2cc(-c3ccccc3)ccc12. The summed E-state index contributed by atoms with van der Waals surface area (Å²) in [6, 6.07) is 42.4. The predicted molar refractivity (Wildman–Crippen MR) is 189 cm³/mol. The molecule has 0 atom stereocenters. The van der Waals surface area contributed by atoms with Crippen molar-refractivity contribution < 1.29 is 0 Å². The van der Waals surface area contributed by atoms with Gasteiger partial charge in [-0.15, -0.1) is 0 Å². The standard InChI is InChI=1S/C42H30N4/c1-27-20-24-45-41(35-16-8-10-22-43-35)37(27)39-31-14-6-7-15-32(31)40(34-26-30(18-19-33(34)39)29-12-4-3-5-13-29)38-28(2)21-25-46-42(38)36-17-9-11-23-44-36/h3-26H,1-2H3. The first kappa shape index (κ1) is 27.5. The summed E-state index contributed by atoms with van der Waals surface area (Å²) in [5, 5.41) is 4.61. The van der Waals surface area contributed by atoms with E-state index in [0.29, 0.717) is 0 Å². The molecular formula is C42H30N4. The van der Waals surface area contributed by atoms with Crippen molar-refractivity contribution in [1.82, 2.24) is 19.9 Å². The van der Waals surface area contributed by atoms with Gasteiger partial charge in [0.25, 0.3) is 0 Å². The molecule has 4 heterocycles. The van der Waals surface area contributed by atoms with Gasteiger partial charge < -0.3 is 0 Å². The minimum atomic E-state index is 0.849. The highest BCUT2D eigenvalue weighted by Crippen LogP contribution is 2.49. The Kier molecular flexibility index (Phi) is 6.88. The van der Waals surface area contributed by atoms with Crippen molar-refractivity contribution in [3.8, 4) is 56.2 Å². The third kappa shape index (κ3) is 4.63. The minimum absolute atomic E-state index is 0.849. The summed E-state index contributed by atoms with van der Waals surface area (Å²) >= 11 is 0. The normalized spacial score (nSPS) is 11.3. The van der Waals surface area contributed by atoms with Crippen molar-refractivity contribution >= 4 is 21.5 Å². The van der Waals surface area contributed by atoms with Crippen molar-refractivity contribution in [2.75, 3.05) is 0 Å². The van der Waals surface area contributed by atoms with Crippen LogP contribution in [0.3, 0.4) is 0 Å². The zero-order chi connectivity index (χ0) is 31.0. The van der Waals surface area contributed by atoms with E-state index < -0.39 is 0 Å². The Morgan fingerprint density at radius 1 is 0.348 bits per heavy atom. The highest BCUT2D eigenvalue weighted by molar-refractivity contribution is 6.24. The topological polar surface area (TPSA) is 51.6 Å². The zero-order valence-corrected chi connectivity index (χ0v) is 25.6. The monoisotopic (exact) mass is 590 g/mol. The Morgan fingerprint density at radius 2 is 0.848 bits per heavy atom. The lowest BCUT2D eigenvalue weighted by atomic mass is 9.82. The lowest BCUT2D eigenvalue weighted by molar-refractivity contribution is 1.23. The number of hydrogen-bond donors (Lipinski definition) is 0. The van der Waals surface area contributed by atoms with Crippen LogP contribution < -0.4 is 0 Å². The molecule has 4 aromatic carbocycles. The van der Waals surface area contributed by atoms with Gasteiger partial charge in [0.15, 0.2) is 0 Å². The van der Waals surface area contributed by atoms with Crippen molar-refractivity contribution in [1.29, 1.82) is 0 Å². The van der Waals surface area contributed by atoms with Gasteiger partial charge in [0, 0.05) is 35.9 Å². The van der Waals surface area contributed by atoms with Crippen LogP contribution in [0.4, 0.5) is 0 Å². The van der Waals surface area contributed by atoms with Crippen LogP contribution in [0, 0.1) is 13.8 Å². The number of fused-ring (bicyclic) bond motifs is 2. The molecule has 218 valence electrons. The van der Waals surface area contributed by atoms with Crippen LogP contribution in [0.1, 0.15) is 11.1 Å². The summed E-state index contributed by atoms with van der Waals surface area (Å²) in [6.45, 7) is 4.34. The number of benzene rings is 4.